The Morgan fingerprint density at radius 2 is 2.13 bits per heavy atom. The summed E-state index contributed by atoms with van der Waals surface area (Å²) in [6, 6.07) is 6.08. The van der Waals surface area contributed by atoms with Crippen LogP contribution in [0.15, 0.2) is 41.2 Å². The van der Waals surface area contributed by atoms with Crippen molar-refractivity contribution in [2.75, 3.05) is 0 Å². The summed E-state index contributed by atoms with van der Waals surface area (Å²) in [5.41, 5.74) is 1.50. The molecule has 76 valence electrons. The van der Waals surface area contributed by atoms with Crippen molar-refractivity contribution in [2.45, 2.75) is 0 Å². The molecule has 1 heterocycles. The van der Waals surface area contributed by atoms with E-state index in [0.717, 1.165) is 11.1 Å². The van der Waals surface area contributed by atoms with Gasteiger partial charge in [0.15, 0.2) is 0 Å². The van der Waals surface area contributed by atoms with Gasteiger partial charge in [0.1, 0.15) is 0 Å². The molecular formula is C10H6ClNO3. The largest absolute Gasteiger partial charge is 0.472 e. The SMILES string of the molecule is O=[N+]([O-])c1ccc(-c2ccoc2)c(Cl)c1. The van der Waals surface area contributed by atoms with E-state index in [0.29, 0.717) is 5.02 Å². The molecule has 0 spiro atoms. The van der Waals surface area contributed by atoms with E-state index in [1.807, 2.05) is 0 Å². The molecule has 1 aromatic carbocycles. The number of rotatable bonds is 2. The molecule has 0 unspecified atom stereocenters. The van der Waals surface area contributed by atoms with Crippen molar-refractivity contribution in [2.24, 2.45) is 0 Å². The van der Waals surface area contributed by atoms with Crippen LogP contribution in [0.1, 0.15) is 0 Å². The molecule has 0 aliphatic carbocycles. The number of hydrogen-bond acceptors (Lipinski definition) is 3. The minimum atomic E-state index is -0.481. The Labute approximate surface area is 90.2 Å². The molecular weight excluding hydrogens is 218 g/mol. The van der Waals surface area contributed by atoms with E-state index >= 15 is 0 Å². The molecule has 0 N–H and O–H groups in total. The molecule has 0 aliphatic rings. The van der Waals surface area contributed by atoms with Crippen LogP contribution in [0.25, 0.3) is 11.1 Å². The van der Waals surface area contributed by atoms with E-state index in [1.54, 1.807) is 12.1 Å². The summed E-state index contributed by atoms with van der Waals surface area (Å²) in [6.45, 7) is 0. The summed E-state index contributed by atoms with van der Waals surface area (Å²) in [7, 11) is 0. The molecule has 5 heteroatoms. The number of hydrogen-bond donors (Lipinski definition) is 0. The molecule has 0 bridgehead atoms. The minimum Gasteiger partial charge on any atom is -0.472 e. The first-order valence-electron chi connectivity index (χ1n) is 4.15. The lowest BCUT2D eigenvalue weighted by Gasteiger charge is -2.00. The number of nitro groups is 1. The highest BCUT2D eigenvalue weighted by molar-refractivity contribution is 6.33. The van der Waals surface area contributed by atoms with Crippen LogP contribution in [0.2, 0.25) is 5.02 Å². The second-order valence-corrected chi connectivity index (χ2v) is 3.34. The molecule has 0 amide bonds. The number of nitrogens with zero attached hydrogens (tertiary/aromatic N) is 1. The van der Waals surface area contributed by atoms with Crippen molar-refractivity contribution in [1.82, 2.24) is 0 Å². The lowest BCUT2D eigenvalue weighted by atomic mass is 10.1. The van der Waals surface area contributed by atoms with E-state index in [2.05, 4.69) is 0 Å². The van der Waals surface area contributed by atoms with Gasteiger partial charge >= 0.3 is 0 Å². The summed E-state index contributed by atoms with van der Waals surface area (Å²) in [5.74, 6) is 0. The summed E-state index contributed by atoms with van der Waals surface area (Å²) >= 11 is 5.92. The van der Waals surface area contributed by atoms with Gasteiger partial charge in [-0.2, -0.15) is 0 Å². The van der Waals surface area contributed by atoms with Gasteiger partial charge in [0.05, 0.1) is 22.5 Å². The minimum absolute atomic E-state index is 0.0211. The van der Waals surface area contributed by atoms with Crippen molar-refractivity contribution in [1.29, 1.82) is 0 Å². The molecule has 0 aliphatic heterocycles. The lowest BCUT2D eigenvalue weighted by Crippen LogP contribution is -1.87. The Bertz CT molecular complexity index is 493. The fourth-order valence-electron chi connectivity index (χ4n) is 1.27. The van der Waals surface area contributed by atoms with Crippen molar-refractivity contribution in [3.63, 3.8) is 0 Å². The molecule has 2 aromatic rings. The maximum absolute atomic E-state index is 10.5. The average molecular weight is 224 g/mol. The standard InChI is InChI=1S/C10H6ClNO3/c11-10-5-8(12(13)14)1-2-9(10)7-3-4-15-6-7/h1-6H. The second-order valence-electron chi connectivity index (χ2n) is 2.93. The van der Waals surface area contributed by atoms with Crippen molar-refractivity contribution >= 4 is 17.3 Å². The third kappa shape index (κ3) is 1.85. The zero-order valence-electron chi connectivity index (χ0n) is 7.51. The maximum atomic E-state index is 10.5. The Morgan fingerprint density at radius 3 is 2.67 bits per heavy atom. The Morgan fingerprint density at radius 1 is 1.33 bits per heavy atom. The van der Waals surface area contributed by atoms with Gasteiger partial charge in [0.2, 0.25) is 0 Å². The molecule has 2 rings (SSSR count). The normalized spacial score (nSPS) is 10.2. The molecule has 0 fully saturated rings. The van der Waals surface area contributed by atoms with Crippen molar-refractivity contribution < 1.29 is 9.34 Å². The number of halogens is 1. The first-order valence-corrected chi connectivity index (χ1v) is 4.53. The van der Waals surface area contributed by atoms with Crippen LogP contribution in [0.4, 0.5) is 5.69 Å². The topological polar surface area (TPSA) is 56.3 Å². The van der Waals surface area contributed by atoms with Crippen LogP contribution in [-0.4, -0.2) is 4.92 Å². The first-order chi connectivity index (χ1) is 7.18. The summed E-state index contributed by atoms with van der Waals surface area (Å²) in [5, 5.41) is 10.8. The van der Waals surface area contributed by atoms with E-state index in [4.69, 9.17) is 16.0 Å². The number of non-ortho nitro benzene ring substituents is 1. The fourth-order valence-corrected chi connectivity index (χ4v) is 1.55. The predicted octanol–water partition coefficient (Wildman–Crippen LogP) is 3.51. The number of furan rings is 1. The summed E-state index contributed by atoms with van der Waals surface area (Å²) in [6.07, 6.45) is 3.06. The van der Waals surface area contributed by atoms with Gasteiger partial charge in [-0.25, -0.2) is 0 Å². The highest BCUT2D eigenvalue weighted by Crippen LogP contribution is 2.31. The van der Waals surface area contributed by atoms with Crippen LogP contribution in [0.3, 0.4) is 0 Å². The molecule has 1 aromatic heterocycles. The third-order valence-electron chi connectivity index (χ3n) is 2.00. The van der Waals surface area contributed by atoms with Gasteiger partial charge in [-0.1, -0.05) is 11.6 Å². The van der Waals surface area contributed by atoms with Crippen molar-refractivity contribution in [3.8, 4) is 11.1 Å². The number of nitro benzene ring substituents is 1. The van der Waals surface area contributed by atoms with Crippen LogP contribution >= 0.6 is 11.6 Å². The van der Waals surface area contributed by atoms with Gasteiger partial charge < -0.3 is 4.42 Å². The van der Waals surface area contributed by atoms with Gasteiger partial charge in [0.25, 0.3) is 5.69 Å². The monoisotopic (exact) mass is 223 g/mol. The van der Waals surface area contributed by atoms with E-state index < -0.39 is 4.92 Å². The van der Waals surface area contributed by atoms with Gasteiger partial charge in [0, 0.05) is 23.3 Å². The predicted molar refractivity (Wildman–Crippen MR) is 55.8 cm³/mol. The zero-order valence-corrected chi connectivity index (χ0v) is 8.27. The lowest BCUT2D eigenvalue weighted by molar-refractivity contribution is -0.384. The smallest absolute Gasteiger partial charge is 0.270 e. The molecule has 15 heavy (non-hydrogen) atoms. The van der Waals surface area contributed by atoms with Crippen LogP contribution in [-0.2, 0) is 0 Å². The average Bonchev–Trinajstić information content (AvgIpc) is 2.70. The second kappa shape index (κ2) is 3.74. The molecule has 4 nitrogen and oxygen atoms in total. The number of benzene rings is 1. The van der Waals surface area contributed by atoms with Gasteiger partial charge in [-0.05, 0) is 12.1 Å². The third-order valence-corrected chi connectivity index (χ3v) is 2.31. The van der Waals surface area contributed by atoms with Gasteiger partial charge in [-0.15, -0.1) is 0 Å². The maximum Gasteiger partial charge on any atom is 0.270 e. The summed E-state index contributed by atoms with van der Waals surface area (Å²) in [4.78, 5) is 10.00. The molecule has 0 atom stereocenters. The quantitative estimate of drug-likeness (QED) is 0.578. The highest BCUT2D eigenvalue weighted by atomic mass is 35.5. The van der Waals surface area contributed by atoms with Gasteiger partial charge in [-0.3, -0.25) is 10.1 Å². The van der Waals surface area contributed by atoms with Crippen LogP contribution < -0.4 is 0 Å². The van der Waals surface area contributed by atoms with Crippen LogP contribution in [0, 0.1) is 10.1 Å². The van der Waals surface area contributed by atoms with E-state index in [1.165, 1.54) is 24.7 Å². The first kappa shape index (κ1) is 9.73. The van der Waals surface area contributed by atoms with E-state index in [9.17, 15) is 10.1 Å². The highest BCUT2D eigenvalue weighted by Gasteiger charge is 2.10. The van der Waals surface area contributed by atoms with E-state index in [-0.39, 0.29) is 5.69 Å². The van der Waals surface area contributed by atoms with Crippen molar-refractivity contribution in [3.05, 3.63) is 51.9 Å². The molecule has 0 saturated carbocycles. The Balaban J connectivity index is 2.48. The Hall–Kier alpha value is -1.81. The molecule has 0 saturated heterocycles. The fraction of sp³-hybridized carbons (Fsp3) is 0. The summed E-state index contributed by atoms with van der Waals surface area (Å²) < 4.78 is 4.91. The Kier molecular flexibility index (Phi) is 2.43. The zero-order chi connectivity index (χ0) is 10.8. The van der Waals surface area contributed by atoms with Crippen LogP contribution in [0.5, 0.6) is 0 Å². The molecule has 0 radical (unpaired) electrons.